The number of hydrogen-bond acceptors (Lipinski definition) is 2. The molecule has 0 aliphatic heterocycles. The molecule has 2 heterocycles. The van der Waals surface area contributed by atoms with Gasteiger partial charge in [0.05, 0.1) is 22.4 Å². The fraction of sp³-hybridized carbons (Fsp3) is 0. The van der Waals surface area contributed by atoms with E-state index >= 15 is 0 Å². The number of para-hydroxylation sites is 3. The van der Waals surface area contributed by atoms with Gasteiger partial charge in [-0.05, 0) is 85.4 Å². The van der Waals surface area contributed by atoms with Gasteiger partial charge >= 0.3 is 0 Å². The lowest BCUT2D eigenvalue weighted by molar-refractivity contribution is 1.18. The van der Waals surface area contributed by atoms with E-state index in [-0.39, 0.29) is 0 Å². The number of fused-ring (bicyclic) bond motifs is 7. The Balaban J connectivity index is 1.09. The van der Waals surface area contributed by atoms with Crippen LogP contribution in [0.2, 0.25) is 0 Å². The van der Waals surface area contributed by atoms with Gasteiger partial charge in [0.15, 0.2) is 5.82 Å². The summed E-state index contributed by atoms with van der Waals surface area (Å²) in [6, 6.07) is 80.4. The molecule has 284 valence electrons. The lowest BCUT2D eigenvalue weighted by Crippen LogP contribution is -1.98. The molecule has 0 saturated carbocycles. The average Bonchev–Trinajstić information content (AvgIpc) is 3.68. The van der Waals surface area contributed by atoms with Gasteiger partial charge < -0.3 is 4.57 Å². The molecule has 10 aromatic carbocycles. The largest absolute Gasteiger partial charge is 0.309 e. The Morgan fingerprint density at radius 3 is 1.75 bits per heavy atom. The molecular formula is C58H37N3. The molecule has 0 N–H and O–H groups in total. The Bertz CT molecular complexity index is 3620. The lowest BCUT2D eigenvalue weighted by Gasteiger charge is -2.16. The second kappa shape index (κ2) is 14.3. The maximum absolute atomic E-state index is 5.46. The highest BCUT2D eigenvalue weighted by Gasteiger charge is 2.19. The van der Waals surface area contributed by atoms with Crippen molar-refractivity contribution in [3.8, 4) is 61.8 Å². The summed E-state index contributed by atoms with van der Waals surface area (Å²) in [5.74, 6) is 0.686. The molecule has 3 heteroatoms. The average molecular weight is 776 g/mol. The van der Waals surface area contributed by atoms with Crippen LogP contribution in [0.5, 0.6) is 0 Å². The monoisotopic (exact) mass is 775 g/mol. The highest BCUT2D eigenvalue weighted by atomic mass is 15.0. The first kappa shape index (κ1) is 34.9. The Kier molecular flexibility index (Phi) is 8.17. The van der Waals surface area contributed by atoms with Crippen LogP contribution in [-0.2, 0) is 0 Å². The smallest absolute Gasteiger partial charge is 0.160 e. The van der Waals surface area contributed by atoms with Crippen LogP contribution < -0.4 is 0 Å². The van der Waals surface area contributed by atoms with Gasteiger partial charge in [-0.15, -0.1) is 0 Å². The predicted octanol–water partition coefficient (Wildman–Crippen LogP) is 15.4. The van der Waals surface area contributed by atoms with Crippen molar-refractivity contribution in [1.29, 1.82) is 0 Å². The molecule has 12 rings (SSSR count). The van der Waals surface area contributed by atoms with Crippen molar-refractivity contribution in [2.75, 3.05) is 0 Å². The Morgan fingerprint density at radius 2 is 0.918 bits per heavy atom. The zero-order chi connectivity index (χ0) is 40.3. The van der Waals surface area contributed by atoms with Crippen molar-refractivity contribution < 1.29 is 0 Å². The molecule has 0 aliphatic rings. The van der Waals surface area contributed by atoms with Crippen LogP contribution in [0.4, 0.5) is 0 Å². The molecule has 0 aliphatic carbocycles. The highest BCUT2D eigenvalue weighted by molar-refractivity contribution is 6.20. The second-order valence-corrected chi connectivity index (χ2v) is 15.7. The molecule has 2 aromatic heterocycles. The van der Waals surface area contributed by atoms with E-state index in [1.165, 1.54) is 54.3 Å². The van der Waals surface area contributed by atoms with Crippen molar-refractivity contribution >= 4 is 54.1 Å². The first-order chi connectivity index (χ1) is 30.2. The van der Waals surface area contributed by atoms with Gasteiger partial charge in [0.1, 0.15) is 0 Å². The normalized spacial score (nSPS) is 11.6. The maximum atomic E-state index is 5.46. The van der Waals surface area contributed by atoms with Crippen molar-refractivity contribution in [3.05, 3.63) is 224 Å². The molecule has 0 spiro atoms. The number of hydrogen-bond donors (Lipinski definition) is 0. The third kappa shape index (κ3) is 5.90. The molecule has 0 fully saturated rings. The van der Waals surface area contributed by atoms with Crippen LogP contribution in [0.1, 0.15) is 0 Å². The van der Waals surface area contributed by atoms with Gasteiger partial charge in [0, 0.05) is 38.7 Å². The summed E-state index contributed by atoms with van der Waals surface area (Å²) < 4.78 is 2.40. The predicted molar refractivity (Wildman–Crippen MR) is 256 cm³/mol. The quantitative estimate of drug-likeness (QED) is 0.124. The topological polar surface area (TPSA) is 30.7 Å². The summed E-state index contributed by atoms with van der Waals surface area (Å²) in [6.45, 7) is 0. The van der Waals surface area contributed by atoms with Gasteiger partial charge in [-0.1, -0.05) is 188 Å². The molecule has 3 nitrogen and oxygen atoms in total. The maximum Gasteiger partial charge on any atom is 0.160 e. The number of nitrogens with zero attached hydrogens (tertiary/aromatic N) is 3. The summed E-state index contributed by atoms with van der Waals surface area (Å²) in [7, 11) is 0. The fourth-order valence-electron chi connectivity index (χ4n) is 9.33. The Morgan fingerprint density at radius 1 is 0.311 bits per heavy atom. The third-order valence-corrected chi connectivity index (χ3v) is 12.2. The molecular weight excluding hydrogens is 739 g/mol. The molecule has 0 amide bonds. The Hall–Kier alpha value is -8.14. The molecule has 0 saturated heterocycles. The minimum Gasteiger partial charge on any atom is -0.309 e. The van der Waals surface area contributed by atoms with Gasteiger partial charge in [-0.3, -0.25) is 0 Å². The third-order valence-electron chi connectivity index (χ3n) is 12.2. The zero-order valence-corrected chi connectivity index (χ0v) is 33.2. The first-order valence-corrected chi connectivity index (χ1v) is 20.8. The number of rotatable bonds is 6. The van der Waals surface area contributed by atoms with Crippen molar-refractivity contribution in [3.63, 3.8) is 0 Å². The second-order valence-electron chi connectivity index (χ2n) is 15.7. The van der Waals surface area contributed by atoms with Crippen LogP contribution in [0.15, 0.2) is 224 Å². The summed E-state index contributed by atoms with van der Waals surface area (Å²) in [6.07, 6.45) is 0. The van der Waals surface area contributed by atoms with E-state index in [0.29, 0.717) is 5.82 Å². The lowest BCUT2D eigenvalue weighted by atomic mass is 9.91. The van der Waals surface area contributed by atoms with Gasteiger partial charge in [0.2, 0.25) is 0 Å². The SMILES string of the molecule is c1ccc(-c2ccc(-c3nc(-c4cccc(-c5cccc6c7ccccc7n(-c7ccccc7)c56)c4)cc(-c4c5ccccc5cc5c4ccc4ccccc45)n3)cc2)cc1. The van der Waals surface area contributed by atoms with Crippen molar-refractivity contribution in [1.82, 2.24) is 14.5 Å². The molecule has 0 unspecified atom stereocenters. The van der Waals surface area contributed by atoms with E-state index < -0.39 is 0 Å². The summed E-state index contributed by atoms with van der Waals surface area (Å²) in [5, 5.41) is 9.63. The van der Waals surface area contributed by atoms with E-state index in [0.717, 1.165) is 55.8 Å². The highest BCUT2D eigenvalue weighted by Crippen LogP contribution is 2.42. The summed E-state index contributed by atoms with van der Waals surface area (Å²) >= 11 is 0. The standard InChI is InChI=1S/C58H37N3/c1-3-15-38(16-4-1)39-29-31-41(32-30-39)58-59-53(37-54(60-58)56-47-24-10-8-18-43(47)36-52-46-23-9-7-17-40(46)33-34-50(52)56)44-20-13-19-42(35-44)48-26-14-27-51-49-25-11-12-28-55(49)61(57(48)51)45-21-5-2-6-22-45/h1-37H. The summed E-state index contributed by atoms with van der Waals surface area (Å²) in [5.41, 5.74) is 13.0. The van der Waals surface area contributed by atoms with E-state index in [9.17, 15) is 0 Å². The molecule has 0 bridgehead atoms. The van der Waals surface area contributed by atoms with Crippen molar-refractivity contribution in [2.24, 2.45) is 0 Å². The number of benzene rings is 10. The van der Waals surface area contributed by atoms with Crippen LogP contribution >= 0.6 is 0 Å². The Labute approximate surface area is 353 Å². The fourth-order valence-corrected chi connectivity index (χ4v) is 9.33. The van der Waals surface area contributed by atoms with E-state index in [2.05, 4.69) is 229 Å². The van der Waals surface area contributed by atoms with Crippen LogP contribution in [-0.4, -0.2) is 14.5 Å². The zero-order valence-electron chi connectivity index (χ0n) is 33.2. The number of aromatic nitrogens is 3. The molecule has 61 heavy (non-hydrogen) atoms. The van der Waals surface area contributed by atoms with Crippen molar-refractivity contribution in [2.45, 2.75) is 0 Å². The molecule has 0 atom stereocenters. The van der Waals surface area contributed by atoms with E-state index in [4.69, 9.17) is 9.97 Å². The molecule has 0 radical (unpaired) electrons. The van der Waals surface area contributed by atoms with E-state index in [1.54, 1.807) is 0 Å². The van der Waals surface area contributed by atoms with Crippen LogP contribution in [0.3, 0.4) is 0 Å². The van der Waals surface area contributed by atoms with Gasteiger partial charge in [-0.25, -0.2) is 9.97 Å². The minimum absolute atomic E-state index is 0.686. The van der Waals surface area contributed by atoms with Gasteiger partial charge in [0.25, 0.3) is 0 Å². The first-order valence-electron chi connectivity index (χ1n) is 20.8. The van der Waals surface area contributed by atoms with E-state index in [1.807, 2.05) is 0 Å². The van der Waals surface area contributed by atoms with Crippen LogP contribution in [0.25, 0.3) is 116 Å². The van der Waals surface area contributed by atoms with Gasteiger partial charge in [-0.2, -0.15) is 0 Å². The summed E-state index contributed by atoms with van der Waals surface area (Å²) in [4.78, 5) is 10.9. The van der Waals surface area contributed by atoms with Crippen LogP contribution in [0, 0.1) is 0 Å². The molecule has 12 aromatic rings. The minimum atomic E-state index is 0.686.